The van der Waals surface area contributed by atoms with Crippen molar-refractivity contribution in [2.45, 2.75) is 0 Å². The van der Waals surface area contributed by atoms with Crippen LogP contribution >= 0.6 is 0 Å². The summed E-state index contributed by atoms with van der Waals surface area (Å²) < 4.78 is 0. The smallest absolute Gasteiger partial charge is 0.338 e. The van der Waals surface area contributed by atoms with E-state index < -0.39 is 5.97 Å². The number of aliphatic hydroxyl groups excluding tert-OH is 1. The average Bonchev–Trinajstić information content (AvgIpc) is 2.18. The Labute approximate surface area is 81.6 Å². The lowest BCUT2D eigenvalue weighted by molar-refractivity contribution is -0.132. The van der Waals surface area contributed by atoms with Crippen molar-refractivity contribution in [1.29, 1.82) is 0 Å². The van der Waals surface area contributed by atoms with Gasteiger partial charge < -0.3 is 10.2 Å². The summed E-state index contributed by atoms with van der Waals surface area (Å²) in [6.07, 6.45) is 1.36. The van der Waals surface area contributed by atoms with Gasteiger partial charge in [0.05, 0.1) is 5.57 Å². The molecule has 72 valence electrons. The molecular weight excluding hydrogens is 180 g/mol. The first-order valence-corrected chi connectivity index (χ1v) is 3.99. The van der Waals surface area contributed by atoms with Gasteiger partial charge in [0, 0.05) is 0 Å². The van der Waals surface area contributed by atoms with E-state index in [-0.39, 0.29) is 11.3 Å². The zero-order chi connectivity index (χ0) is 10.6. The van der Waals surface area contributed by atoms with Crippen LogP contribution in [0.15, 0.2) is 48.2 Å². The summed E-state index contributed by atoms with van der Waals surface area (Å²) >= 11 is 0. The quantitative estimate of drug-likeness (QED) is 0.436. The molecule has 0 amide bonds. The van der Waals surface area contributed by atoms with Gasteiger partial charge in [0.15, 0.2) is 0 Å². The van der Waals surface area contributed by atoms with Crippen LogP contribution in [-0.2, 0) is 4.79 Å². The lowest BCUT2D eigenvalue weighted by atomic mass is 10.1. The van der Waals surface area contributed by atoms with E-state index in [0.29, 0.717) is 0 Å². The third kappa shape index (κ3) is 2.48. The van der Waals surface area contributed by atoms with Gasteiger partial charge in [-0.15, -0.1) is 0 Å². The molecule has 1 rings (SSSR count). The molecule has 0 atom stereocenters. The molecule has 0 saturated heterocycles. The number of benzene rings is 1. The van der Waals surface area contributed by atoms with E-state index in [9.17, 15) is 9.90 Å². The second-order valence-corrected chi connectivity index (χ2v) is 2.72. The number of carboxylic acid groups (broad SMARTS) is 1. The fourth-order valence-electron chi connectivity index (χ4n) is 0.904. The molecular formula is C11H10O3. The molecule has 0 spiro atoms. The van der Waals surface area contributed by atoms with Crippen molar-refractivity contribution in [3.05, 3.63) is 53.8 Å². The van der Waals surface area contributed by atoms with Crippen molar-refractivity contribution in [3.8, 4) is 0 Å². The van der Waals surface area contributed by atoms with Gasteiger partial charge >= 0.3 is 5.97 Å². The Hall–Kier alpha value is -2.03. The van der Waals surface area contributed by atoms with E-state index in [1.165, 1.54) is 6.08 Å². The summed E-state index contributed by atoms with van der Waals surface area (Å²) in [5.41, 5.74) is 0.418. The van der Waals surface area contributed by atoms with E-state index in [1.54, 1.807) is 24.3 Å². The van der Waals surface area contributed by atoms with Gasteiger partial charge in [-0.2, -0.15) is 0 Å². The largest absolute Gasteiger partial charge is 0.507 e. The predicted molar refractivity (Wildman–Crippen MR) is 53.8 cm³/mol. The van der Waals surface area contributed by atoms with Gasteiger partial charge in [-0.1, -0.05) is 36.9 Å². The van der Waals surface area contributed by atoms with Gasteiger partial charge in [0.2, 0.25) is 0 Å². The third-order valence-corrected chi connectivity index (χ3v) is 1.67. The van der Waals surface area contributed by atoms with Crippen molar-refractivity contribution in [3.63, 3.8) is 0 Å². The van der Waals surface area contributed by atoms with E-state index in [1.807, 2.05) is 6.07 Å². The van der Waals surface area contributed by atoms with Crippen LogP contribution in [0.1, 0.15) is 5.56 Å². The third-order valence-electron chi connectivity index (χ3n) is 1.67. The Morgan fingerprint density at radius 1 is 1.21 bits per heavy atom. The lowest BCUT2D eigenvalue weighted by Crippen LogP contribution is -2.01. The van der Waals surface area contributed by atoms with Gasteiger partial charge in [0.1, 0.15) is 5.76 Å². The minimum Gasteiger partial charge on any atom is -0.507 e. The highest BCUT2D eigenvalue weighted by molar-refractivity contribution is 5.91. The average molecular weight is 190 g/mol. The molecule has 2 N–H and O–H groups in total. The van der Waals surface area contributed by atoms with Crippen LogP contribution in [0.4, 0.5) is 0 Å². The molecule has 0 saturated carbocycles. The van der Waals surface area contributed by atoms with Crippen LogP contribution in [0.2, 0.25) is 0 Å². The van der Waals surface area contributed by atoms with Gasteiger partial charge in [-0.25, -0.2) is 4.79 Å². The number of carbonyl (C=O) groups is 1. The number of rotatable bonds is 3. The molecule has 1 aromatic carbocycles. The van der Waals surface area contributed by atoms with Crippen molar-refractivity contribution in [2.24, 2.45) is 0 Å². The first-order valence-electron chi connectivity index (χ1n) is 3.99. The molecule has 0 aliphatic heterocycles. The number of aliphatic hydroxyl groups is 1. The molecule has 0 heterocycles. The highest BCUT2D eigenvalue weighted by Gasteiger charge is 2.08. The SMILES string of the molecule is C=C(C(=O)O)C(O)=Cc1ccccc1. The summed E-state index contributed by atoms with van der Waals surface area (Å²) in [5.74, 6) is -1.56. The zero-order valence-electron chi connectivity index (χ0n) is 7.47. The maximum atomic E-state index is 10.4. The highest BCUT2D eigenvalue weighted by atomic mass is 16.4. The van der Waals surface area contributed by atoms with Crippen LogP contribution in [0.25, 0.3) is 6.08 Å². The highest BCUT2D eigenvalue weighted by Crippen LogP contribution is 2.10. The van der Waals surface area contributed by atoms with Crippen LogP contribution in [0.3, 0.4) is 0 Å². The molecule has 1 aromatic rings. The van der Waals surface area contributed by atoms with Gasteiger partial charge in [0.25, 0.3) is 0 Å². The fraction of sp³-hybridized carbons (Fsp3) is 0. The minimum absolute atomic E-state index is 0.311. The first-order chi connectivity index (χ1) is 6.61. The van der Waals surface area contributed by atoms with Crippen LogP contribution in [0, 0.1) is 0 Å². The van der Waals surface area contributed by atoms with E-state index in [0.717, 1.165) is 5.56 Å². The molecule has 3 heteroatoms. The Morgan fingerprint density at radius 2 is 1.79 bits per heavy atom. The van der Waals surface area contributed by atoms with Crippen molar-refractivity contribution >= 4 is 12.0 Å². The fourth-order valence-corrected chi connectivity index (χ4v) is 0.904. The standard InChI is InChI=1S/C11H10O3/c1-8(11(13)14)10(12)7-9-5-3-2-4-6-9/h2-7,12H,1H2,(H,13,14). The number of aliphatic carboxylic acids is 1. The molecule has 14 heavy (non-hydrogen) atoms. The summed E-state index contributed by atoms with van der Waals surface area (Å²) in [5, 5.41) is 17.9. The van der Waals surface area contributed by atoms with Gasteiger partial charge in [-0.05, 0) is 11.6 Å². The van der Waals surface area contributed by atoms with Crippen LogP contribution < -0.4 is 0 Å². The minimum atomic E-state index is -1.23. The Kier molecular flexibility index (Phi) is 3.07. The summed E-state index contributed by atoms with van der Waals surface area (Å²) in [6.45, 7) is 3.23. The molecule has 0 aliphatic carbocycles. The van der Waals surface area contributed by atoms with Crippen molar-refractivity contribution in [1.82, 2.24) is 0 Å². The number of carboxylic acids is 1. The van der Waals surface area contributed by atoms with Crippen molar-refractivity contribution in [2.75, 3.05) is 0 Å². The van der Waals surface area contributed by atoms with Crippen LogP contribution in [0.5, 0.6) is 0 Å². The molecule has 0 bridgehead atoms. The van der Waals surface area contributed by atoms with Crippen molar-refractivity contribution < 1.29 is 15.0 Å². The monoisotopic (exact) mass is 190 g/mol. The second-order valence-electron chi connectivity index (χ2n) is 2.72. The Balaban J connectivity index is 2.90. The molecule has 0 aromatic heterocycles. The summed E-state index contributed by atoms with van der Waals surface area (Å²) in [7, 11) is 0. The first kappa shape index (κ1) is 10.1. The zero-order valence-corrected chi connectivity index (χ0v) is 7.47. The second kappa shape index (κ2) is 4.28. The Bertz CT molecular complexity index is 377. The van der Waals surface area contributed by atoms with Gasteiger partial charge in [-0.3, -0.25) is 0 Å². The summed E-state index contributed by atoms with van der Waals surface area (Å²) in [6, 6.07) is 8.93. The van der Waals surface area contributed by atoms with E-state index in [2.05, 4.69) is 6.58 Å². The number of hydrogen-bond acceptors (Lipinski definition) is 2. The molecule has 0 fully saturated rings. The summed E-state index contributed by atoms with van der Waals surface area (Å²) in [4.78, 5) is 10.4. The normalized spacial score (nSPS) is 11.0. The maximum absolute atomic E-state index is 10.4. The van der Waals surface area contributed by atoms with E-state index in [4.69, 9.17) is 5.11 Å². The Morgan fingerprint density at radius 3 is 2.29 bits per heavy atom. The molecule has 0 unspecified atom stereocenters. The predicted octanol–water partition coefficient (Wildman–Crippen LogP) is 2.23. The molecule has 0 aliphatic rings. The topological polar surface area (TPSA) is 57.5 Å². The molecule has 0 radical (unpaired) electrons. The molecule has 3 nitrogen and oxygen atoms in total. The lowest BCUT2D eigenvalue weighted by Gasteiger charge is -1.98. The maximum Gasteiger partial charge on any atom is 0.338 e. The number of hydrogen-bond donors (Lipinski definition) is 2. The van der Waals surface area contributed by atoms with E-state index >= 15 is 0 Å². The van der Waals surface area contributed by atoms with Crippen LogP contribution in [-0.4, -0.2) is 16.2 Å².